The number of esters is 1. The van der Waals surface area contributed by atoms with E-state index in [-0.39, 0.29) is 18.4 Å². The van der Waals surface area contributed by atoms with E-state index in [1.165, 1.54) is 7.11 Å². The smallest absolute Gasteiger partial charge is 0.337 e. The molecule has 0 aliphatic carbocycles. The molecule has 0 spiro atoms. The summed E-state index contributed by atoms with van der Waals surface area (Å²) < 4.78 is 9.90. The van der Waals surface area contributed by atoms with Crippen molar-refractivity contribution in [2.24, 2.45) is 0 Å². The van der Waals surface area contributed by atoms with Crippen molar-refractivity contribution in [2.75, 3.05) is 50.6 Å². The number of carbonyl (C=O) groups excluding carboxylic acids is 3. The molecule has 152 valence electrons. The number of rotatable bonds is 6. The van der Waals surface area contributed by atoms with Crippen molar-refractivity contribution in [3.63, 3.8) is 0 Å². The first kappa shape index (κ1) is 20.3. The molecular formula is C21H23N3O5. The SMILES string of the molecule is COC(=O)c1ccc(NCC(=O)Nc2ccc(C(=O)N3CCOCC3)cc2)cc1. The zero-order valence-electron chi connectivity index (χ0n) is 16.1. The first-order valence-corrected chi connectivity index (χ1v) is 9.26. The molecular weight excluding hydrogens is 374 g/mol. The van der Waals surface area contributed by atoms with Crippen LogP contribution in [0.5, 0.6) is 0 Å². The summed E-state index contributed by atoms with van der Waals surface area (Å²) >= 11 is 0. The van der Waals surface area contributed by atoms with E-state index in [0.717, 1.165) is 0 Å². The second-order valence-corrected chi connectivity index (χ2v) is 6.45. The largest absolute Gasteiger partial charge is 0.465 e. The molecule has 2 aromatic carbocycles. The second-order valence-electron chi connectivity index (χ2n) is 6.45. The van der Waals surface area contributed by atoms with E-state index < -0.39 is 5.97 Å². The number of amides is 2. The van der Waals surface area contributed by atoms with Crippen LogP contribution >= 0.6 is 0 Å². The van der Waals surface area contributed by atoms with Gasteiger partial charge < -0.3 is 25.0 Å². The predicted octanol–water partition coefficient (Wildman–Crippen LogP) is 2.00. The van der Waals surface area contributed by atoms with Gasteiger partial charge in [0.15, 0.2) is 0 Å². The second kappa shape index (κ2) is 9.70. The van der Waals surface area contributed by atoms with Crippen LogP contribution in [0.3, 0.4) is 0 Å². The summed E-state index contributed by atoms with van der Waals surface area (Å²) in [6.45, 7) is 2.34. The molecule has 8 heteroatoms. The van der Waals surface area contributed by atoms with Crippen LogP contribution in [0.4, 0.5) is 11.4 Å². The number of carbonyl (C=O) groups is 3. The van der Waals surface area contributed by atoms with E-state index >= 15 is 0 Å². The molecule has 1 fully saturated rings. The lowest BCUT2D eigenvalue weighted by Crippen LogP contribution is -2.40. The summed E-state index contributed by atoms with van der Waals surface area (Å²) in [5.74, 6) is -0.678. The van der Waals surface area contributed by atoms with E-state index in [1.54, 1.807) is 53.4 Å². The van der Waals surface area contributed by atoms with E-state index in [9.17, 15) is 14.4 Å². The Kier molecular flexibility index (Phi) is 6.80. The fourth-order valence-electron chi connectivity index (χ4n) is 2.87. The summed E-state index contributed by atoms with van der Waals surface area (Å²) in [6.07, 6.45) is 0. The van der Waals surface area contributed by atoms with Crippen LogP contribution in [0.2, 0.25) is 0 Å². The zero-order chi connectivity index (χ0) is 20.6. The molecule has 2 amide bonds. The molecule has 2 aromatic rings. The highest BCUT2D eigenvalue weighted by molar-refractivity contribution is 5.97. The summed E-state index contributed by atoms with van der Waals surface area (Å²) in [4.78, 5) is 37.7. The van der Waals surface area contributed by atoms with Gasteiger partial charge in [-0.2, -0.15) is 0 Å². The number of anilines is 2. The van der Waals surface area contributed by atoms with Gasteiger partial charge in [0, 0.05) is 30.0 Å². The van der Waals surface area contributed by atoms with Crippen LogP contribution in [-0.4, -0.2) is 62.6 Å². The molecule has 2 N–H and O–H groups in total. The molecule has 0 atom stereocenters. The predicted molar refractivity (Wildman–Crippen MR) is 108 cm³/mol. The highest BCUT2D eigenvalue weighted by Crippen LogP contribution is 2.13. The number of morpholine rings is 1. The lowest BCUT2D eigenvalue weighted by molar-refractivity contribution is -0.114. The van der Waals surface area contributed by atoms with Gasteiger partial charge in [-0.3, -0.25) is 9.59 Å². The molecule has 0 unspecified atom stereocenters. The Morgan fingerprint density at radius 3 is 2.14 bits per heavy atom. The summed E-state index contributed by atoms with van der Waals surface area (Å²) in [5.41, 5.74) is 2.33. The number of benzene rings is 2. The quantitative estimate of drug-likeness (QED) is 0.724. The first-order chi connectivity index (χ1) is 14.1. The first-order valence-electron chi connectivity index (χ1n) is 9.26. The van der Waals surface area contributed by atoms with E-state index in [2.05, 4.69) is 15.4 Å². The Labute approximate surface area is 168 Å². The average Bonchev–Trinajstić information content (AvgIpc) is 2.78. The standard InChI is InChI=1S/C21H23N3O5/c1-28-21(27)16-4-6-17(7-5-16)22-14-19(25)23-18-8-2-15(3-9-18)20(26)24-10-12-29-13-11-24/h2-9,22H,10-14H2,1H3,(H,23,25). The van der Waals surface area contributed by atoms with E-state index in [0.29, 0.717) is 48.8 Å². The van der Waals surface area contributed by atoms with Crippen LogP contribution in [0, 0.1) is 0 Å². The minimum atomic E-state index is -0.412. The number of hydrogen-bond acceptors (Lipinski definition) is 6. The maximum absolute atomic E-state index is 12.4. The van der Waals surface area contributed by atoms with E-state index in [4.69, 9.17) is 4.74 Å². The fourth-order valence-corrected chi connectivity index (χ4v) is 2.87. The van der Waals surface area contributed by atoms with Crippen LogP contribution in [0.15, 0.2) is 48.5 Å². The van der Waals surface area contributed by atoms with Gasteiger partial charge in [0.05, 0.1) is 32.4 Å². The number of ether oxygens (including phenoxy) is 2. The maximum atomic E-state index is 12.4. The molecule has 29 heavy (non-hydrogen) atoms. The Morgan fingerprint density at radius 2 is 1.52 bits per heavy atom. The third kappa shape index (κ3) is 5.55. The molecule has 1 heterocycles. The van der Waals surface area contributed by atoms with Gasteiger partial charge in [0.2, 0.25) is 5.91 Å². The van der Waals surface area contributed by atoms with Crippen LogP contribution in [0.25, 0.3) is 0 Å². The maximum Gasteiger partial charge on any atom is 0.337 e. The zero-order valence-corrected chi connectivity index (χ0v) is 16.1. The molecule has 8 nitrogen and oxygen atoms in total. The van der Waals surface area contributed by atoms with E-state index in [1.807, 2.05) is 0 Å². The fraction of sp³-hybridized carbons (Fsp3) is 0.286. The molecule has 0 aromatic heterocycles. The van der Waals surface area contributed by atoms with Gasteiger partial charge in [0.1, 0.15) is 0 Å². The van der Waals surface area contributed by atoms with Crippen molar-refractivity contribution >= 4 is 29.2 Å². The highest BCUT2D eigenvalue weighted by atomic mass is 16.5. The van der Waals surface area contributed by atoms with Crippen molar-refractivity contribution in [1.82, 2.24) is 4.90 Å². The molecule has 1 saturated heterocycles. The lowest BCUT2D eigenvalue weighted by atomic mass is 10.1. The highest BCUT2D eigenvalue weighted by Gasteiger charge is 2.18. The molecule has 0 bridgehead atoms. The van der Waals surface area contributed by atoms with Crippen molar-refractivity contribution in [2.45, 2.75) is 0 Å². The van der Waals surface area contributed by atoms with Crippen LogP contribution in [0.1, 0.15) is 20.7 Å². The molecule has 1 aliphatic heterocycles. The number of methoxy groups -OCH3 is 1. The Balaban J connectivity index is 1.49. The van der Waals surface area contributed by atoms with Gasteiger partial charge in [-0.25, -0.2) is 4.79 Å². The summed E-state index contributed by atoms with van der Waals surface area (Å²) in [5, 5.41) is 5.76. The van der Waals surface area contributed by atoms with Gasteiger partial charge in [-0.05, 0) is 48.5 Å². The Hall–Kier alpha value is -3.39. The number of nitrogens with zero attached hydrogens (tertiary/aromatic N) is 1. The topological polar surface area (TPSA) is 97.0 Å². The average molecular weight is 397 g/mol. The summed E-state index contributed by atoms with van der Waals surface area (Å²) in [6, 6.07) is 13.5. The lowest BCUT2D eigenvalue weighted by Gasteiger charge is -2.26. The molecule has 3 rings (SSSR count). The van der Waals surface area contributed by atoms with Gasteiger partial charge in [0.25, 0.3) is 5.91 Å². The van der Waals surface area contributed by atoms with Gasteiger partial charge in [-0.1, -0.05) is 0 Å². The number of hydrogen-bond donors (Lipinski definition) is 2. The Morgan fingerprint density at radius 1 is 0.931 bits per heavy atom. The van der Waals surface area contributed by atoms with Crippen LogP contribution < -0.4 is 10.6 Å². The van der Waals surface area contributed by atoms with Crippen LogP contribution in [-0.2, 0) is 14.3 Å². The van der Waals surface area contributed by atoms with Gasteiger partial charge in [-0.15, -0.1) is 0 Å². The van der Waals surface area contributed by atoms with Crippen molar-refractivity contribution < 1.29 is 23.9 Å². The van der Waals surface area contributed by atoms with Crippen molar-refractivity contribution in [1.29, 1.82) is 0 Å². The Bertz CT molecular complexity index is 859. The minimum absolute atomic E-state index is 0.0387. The molecule has 0 saturated carbocycles. The monoisotopic (exact) mass is 397 g/mol. The number of nitrogens with one attached hydrogen (secondary N) is 2. The molecule has 0 radical (unpaired) electrons. The van der Waals surface area contributed by atoms with Crippen molar-refractivity contribution in [3.05, 3.63) is 59.7 Å². The summed E-state index contributed by atoms with van der Waals surface area (Å²) in [7, 11) is 1.32. The third-order valence-electron chi connectivity index (χ3n) is 4.47. The normalized spacial score (nSPS) is 13.5. The molecule has 1 aliphatic rings. The minimum Gasteiger partial charge on any atom is -0.465 e. The van der Waals surface area contributed by atoms with Crippen molar-refractivity contribution in [3.8, 4) is 0 Å². The third-order valence-corrected chi connectivity index (χ3v) is 4.47. The van der Waals surface area contributed by atoms with Gasteiger partial charge >= 0.3 is 5.97 Å².